The Hall–Kier alpha value is -3.86. The van der Waals surface area contributed by atoms with E-state index in [-0.39, 0.29) is 11.8 Å². The Morgan fingerprint density at radius 2 is 1.55 bits per heavy atom. The number of rotatable bonds is 4. The van der Waals surface area contributed by atoms with Gasteiger partial charge in [0.25, 0.3) is 11.8 Å². The predicted octanol–water partition coefficient (Wildman–Crippen LogP) is 4.32. The Morgan fingerprint density at radius 3 is 2.31 bits per heavy atom. The maximum Gasteiger partial charge on any atom is 0.258 e. The van der Waals surface area contributed by atoms with Crippen LogP contribution in [0.5, 0.6) is 0 Å². The number of carbonyl (C=O) groups is 2. The van der Waals surface area contributed by atoms with E-state index in [1.807, 2.05) is 66.7 Å². The summed E-state index contributed by atoms with van der Waals surface area (Å²) in [5.41, 5.74) is 5.12. The van der Waals surface area contributed by atoms with Crippen molar-refractivity contribution in [3.8, 4) is 0 Å². The van der Waals surface area contributed by atoms with Gasteiger partial charge in [-0.05, 0) is 29.8 Å². The average Bonchev–Trinajstić information content (AvgIpc) is 3.08. The van der Waals surface area contributed by atoms with Crippen LogP contribution in [0.3, 0.4) is 0 Å². The molecule has 0 aliphatic carbocycles. The number of hydrogen-bond acceptors (Lipinski definition) is 3. The summed E-state index contributed by atoms with van der Waals surface area (Å²) >= 11 is 0. The fraction of sp³-hybridized carbons (Fsp3) is 0.0833. The predicted molar refractivity (Wildman–Crippen MR) is 116 cm³/mol. The zero-order valence-electron chi connectivity index (χ0n) is 16.3. The van der Waals surface area contributed by atoms with Crippen molar-refractivity contribution in [2.24, 2.45) is 0 Å². The molecule has 29 heavy (non-hydrogen) atoms. The third kappa shape index (κ3) is 3.62. The van der Waals surface area contributed by atoms with E-state index >= 15 is 0 Å². The third-order valence-corrected chi connectivity index (χ3v) is 4.77. The number of fused-ring (bicyclic) bond motifs is 1. The summed E-state index contributed by atoms with van der Waals surface area (Å²) in [6.45, 7) is 0. The molecular formula is C24H21N3O2. The van der Waals surface area contributed by atoms with Gasteiger partial charge < -0.3 is 15.5 Å². The minimum Gasteiger partial charge on any atom is -0.354 e. The molecule has 144 valence electrons. The molecule has 3 aromatic rings. The van der Waals surface area contributed by atoms with Crippen LogP contribution in [0.1, 0.15) is 21.5 Å². The molecule has 5 heteroatoms. The summed E-state index contributed by atoms with van der Waals surface area (Å²) < 4.78 is 0. The zero-order chi connectivity index (χ0) is 20.4. The molecule has 1 aliphatic heterocycles. The maximum absolute atomic E-state index is 12.8. The first-order chi connectivity index (χ1) is 14.0. The Bertz CT molecular complexity index is 1120. The van der Waals surface area contributed by atoms with Crippen molar-refractivity contribution in [1.82, 2.24) is 4.90 Å². The fourth-order valence-corrected chi connectivity index (χ4v) is 3.38. The van der Waals surface area contributed by atoms with Crippen LogP contribution in [-0.4, -0.2) is 30.8 Å². The molecule has 0 atom stereocenters. The van der Waals surface area contributed by atoms with E-state index in [2.05, 4.69) is 10.6 Å². The number of nitrogens with one attached hydrogen (secondary N) is 2. The zero-order valence-corrected chi connectivity index (χ0v) is 16.3. The number of amides is 2. The standard InChI is InChI=1S/C24H21N3O2/c1-27(2)24(29)17-11-8-12-18(15-17)25-22(16-9-4-3-5-10-16)21-19-13-6-7-14-20(19)26-23(21)28/h3-15,25H,1-2H3,(H,26,28)/b22-21-. The van der Waals surface area contributed by atoms with Gasteiger partial charge in [0.1, 0.15) is 0 Å². The van der Waals surface area contributed by atoms with E-state index in [0.717, 1.165) is 22.5 Å². The summed E-state index contributed by atoms with van der Waals surface area (Å²) in [6, 6.07) is 24.6. The monoisotopic (exact) mass is 383 g/mol. The topological polar surface area (TPSA) is 61.4 Å². The minimum absolute atomic E-state index is 0.0773. The van der Waals surface area contributed by atoms with Crippen LogP contribution in [0.25, 0.3) is 11.3 Å². The van der Waals surface area contributed by atoms with Crippen LogP contribution in [0.15, 0.2) is 78.9 Å². The van der Waals surface area contributed by atoms with Crippen molar-refractivity contribution in [3.05, 3.63) is 95.6 Å². The summed E-state index contributed by atoms with van der Waals surface area (Å²) in [4.78, 5) is 26.7. The van der Waals surface area contributed by atoms with Gasteiger partial charge in [0.15, 0.2) is 0 Å². The van der Waals surface area contributed by atoms with Crippen molar-refractivity contribution < 1.29 is 9.59 Å². The lowest BCUT2D eigenvalue weighted by Crippen LogP contribution is -2.21. The molecule has 3 aromatic carbocycles. The van der Waals surface area contributed by atoms with Crippen molar-refractivity contribution in [2.45, 2.75) is 0 Å². The normalized spacial score (nSPS) is 14.1. The van der Waals surface area contributed by atoms with E-state index in [4.69, 9.17) is 0 Å². The molecular weight excluding hydrogens is 362 g/mol. The first-order valence-corrected chi connectivity index (χ1v) is 9.34. The van der Waals surface area contributed by atoms with Crippen LogP contribution in [0.4, 0.5) is 11.4 Å². The molecule has 5 nitrogen and oxygen atoms in total. The summed E-state index contributed by atoms with van der Waals surface area (Å²) in [6.07, 6.45) is 0. The molecule has 0 spiro atoms. The van der Waals surface area contributed by atoms with Crippen LogP contribution in [-0.2, 0) is 4.79 Å². The van der Waals surface area contributed by atoms with Gasteiger partial charge in [-0.1, -0.05) is 54.6 Å². The quantitative estimate of drug-likeness (QED) is 0.660. The molecule has 0 saturated carbocycles. The number of benzene rings is 3. The molecule has 0 fully saturated rings. The molecule has 4 rings (SSSR count). The third-order valence-electron chi connectivity index (χ3n) is 4.77. The fourth-order valence-electron chi connectivity index (χ4n) is 3.38. The van der Waals surface area contributed by atoms with E-state index in [9.17, 15) is 9.59 Å². The van der Waals surface area contributed by atoms with Crippen molar-refractivity contribution >= 4 is 34.5 Å². The lowest BCUT2D eigenvalue weighted by Gasteiger charge is -2.16. The highest BCUT2D eigenvalue weighted by Crippen LogP contribution is 2.37. The van der Waals surface area contributed by atoms with Gasteiger partial charge in [0.05, 0.1) is 11.3 Å². The van der Waals surface area contributed by atoms with Crippen LogP contribution < -0.4 is 10.6 Å². The van der Waals surface area contributed by atoms with Gasteiger partial charge in [-0.25, -0.2) is 0 Å². The minimum atomic E-state index is -0.155. The van der Waals surface area contributed by atoms with Crippen LogP contribution in [0.2, 0.25) is 0 Å². The number of para-hydroxylation sites is 1. The van der Waals surface area contributed by atoms with E-state index in [1.54, 1.807) is 26.2 Å². The first-order valence-electron chi connectivity index (χ1n) is 9.34. The van der Waals surface area contributed by atoms with Gasteiger partial charge in [-0.15, -0.1) is 0 Å². The molecule has 0 saturated heterocycles. The maximum atomic E-state index is 12.8. The molecule has 0 radical (unpaired) electrons. The van der Waals surface area contributed by atoms with Gasteiger partial charge in [0.2, 0.25) is 0 Å². The molecule has 2 amide bonds. The first kappa shape index (κ1) is 18.5. The average molecular weight is 383 g/mol. The largest absolute Gasteiger partial charge is 0.354 e. The second kappa shape index (κ2) is 7.64. The molecule has 1 aliphatic rings. The Morgan fingerprint density at radius 1 is 0.862 bits per heavy atom. The molecule has 0 unspecified atom stereocenters. The lowest BCUT2D eigenvalue weighted by atomic mass is 10.00. The van der Waals surface area contributed by atoms with Crippen LogP contribution in [0, 0.1) is 0 Å². The van der Waals surface area contributed by atoms with Gasteiger partial charge in [-0.2, -0.15) is 0 Å². The molecule has 2 N–H and O–H groups in total. The highest BCUT2D eigenvalue weighted by atomic mass is 16.2. The van der Waals surface area contributed by atoms with Gasteiger partial charge >= 0.3 is 0 Å². The van der Waals surface area contributed by atoms with Crippen molar-refractivity contribution in [3.63, 3.8) is 0 Å². The van der Waals surface area contributed by atoms with Crippen molar-refractivity contribution in [1.29, 1.82) is 0 Å². The molecule has 1 heterocycles. The summed E-state index contributed by atoms with van der Waals surface area (Å²) in [5, 5.41) is 6.32. The Kier molecular flexibility index (Phi) is 4.87. The Labute approximate surface area is 169 Å². The van der Waals surface area contributed by atoms with Crippen LogP contribution >= 0.6 is 0 Å². The Balaban J connectivity index is 1.84. The number of anilines is 2. The second-order valence-corrected chi connectivity index (χ2v) is 7.02. The summed E-state index contributed by atoms with van der Waals surface area (Å²) in [7, 11) is 3.44. The van der Waals surface area contributed by atoms with Crippen molar-refractivity contribution in [2.75, 3.05) is 24.7 Å². The van der Waals surface area contributed by atoms with E-state index < -0.39 is 0 Å². The molecule has 0 aromatic heterocycles. The number of nitrogens with zero attached hydrogens (tertiary/aromatic N) is 1. The molecule has 0 bridgehead atoms. The number of hydrogen-bond donors (Lipinski definition) is 2. The van der Waals surface area contributed by atoms with E-state index in [1.165, 1.54) is 4.90 Å². The smallest absolute Gasteiger partial charge is 0.258 e. The number of carbonyl (C=O) groups excluding carboxylic acids is 2. The summed E-state index contributed by atoms with van der Waals surface area (Å²) in [5.74, 6) is -0.232. The highest BCUT2D eigenvalue weighted by Gasteiger charge is 2.28. The second-order valence-electron chi connectivity index (χ2n) is 7.02. The van der Waals surface area contributed by atoms with Gasteiger partial charge in [0, 0.05) is 36.6 Å². The van der Waals surface area contributed by atoms with E-state index in [0.29, 0.717) is 16.8 Å². The SMILES string of the molecule is CN(C)C(=O)c1cccc(N/C(=C2\C(=O)Nc3ccccc32)c2ccccc2)c1. The lowest BCUT2D eigenvalue weighted by molar-refractivity contribution is -0.110. The van der Waals surface area contributed by atoms with Gasteiger partial charge in [-0.3, -0.25) is 9.59 Å². The highest BCUT2D eigenvalue weighted by molar-refractivity contribution is 6.37.